The first-order valence-electron chi connectivity index (χ1n) is 5.27. The van der Waals surface area contributed by atoms with Crippen LogP contribution in [0.2, 0.25) is 0 Å². The molecule has 84 valence electrons. The molecule has 0 aliphatic rings. The number of hydrogen-bond acceptors (Lipinski definition) is 2. The summed E-state index contributed by atoms with van der Waals surface area (Å²) in [5.41, 5.74) is 1.88. The van der Waals surface area contributed by atoms with Crippen LogP contribution < -0.4 is 5.32 Å². The molecule has 0 bridgehead atoms. The van der Waals surface area contributed by atoms with Crippen molar-refractivity contribution in [3.05, 3.63) is 64.6 Å². The molecule has 2 aromatic carbocycles. The molecule has 2 nitrogen and oxygen atoms in total. The molecule has 0 saturated carbocycles. The average molecular weight is 287 g/mol. The Bertz CT molecular complexity index is 531. The predicted molar refractivity (Wildman–Crippen MR) is 72.6 cm³/mol. The van der Waals surface area contributed by atoms with Crippen LogP contribution in [0.4, 0.5) is 5.69 Å². The number of hydrogen-bond donors (Lipinski definition) is 1. The van der Waals surface area contributed by atoms with Crippen LogP contribution in [0.3, 0.4) is 0 Å². The van der Waals surface area contributed by atoms with Crippen LogP contribution in [0.15, 0.2) is 59.1 Å². The molecule has 0 aliphatic carbocycles. The maximum atomic E-state index is 9.20. The zero-order valence-corrected chi connectivity index (χ0v) is 10.7. The molecular weight excluding hydrogens is 276 g/mol. The molecule has 17 heavy (non-hydrogen) atoms. The quantitative estimate of drug-likeness (QED) is 0.921. The maximum absolute atomic E-state index is 9.20. The van der Waals surface area contributed by atoms with E-state index in [-0.39, 0.29) is 6.04 Å². The summed E-state index contributed by atoms with van der Waals surface area (Å²) in [5, 5.41) is 12.4. The van der Waals surface area contributed by atoms with E-state index in [0.717, 1.165) is 15.7 Å². The first-order chi connectivity index (χ1) is 8.31. The van der Waals surface area contributed by atoms with Gasteiger partial charge in [-0.15, -0.1) is 0 Å². The van der Waals surface area contributed by atoms with Crippen LogP contribution in [0.25, 0.3) is 0 Å². The topological polar surface area (TPSA) is 35.8 Å². The summed E-state index contributed by atoms with van der Waals surface area (Å²) < 4.78 is 0.955. The maximum Gasteiger partial charge on any atom is 0.140 e. The van der Waals surface area contributed by atoms with Gasteiger partial charge in [-0.25, -0.2) is 0 Å². The van der Waals surface area contributed by atoms with Crippen molar-refractivity contribution in [3.8, 4) is 6.07 Å². The van der Waals surface area contributed by atoms with Crippen LogP contribution >= 0.6 is 15.9 Å². The predicted octanol–water partition coefficient (Wildman–Crippen LogP) is 4.13. The van der Waals surface area contributed by atoms with Crippen molar-refractivity contribution >= 4 is 21.6 Å². The van der Waals surface area contributed by atoms with Crippen LogP contribution in [0.1, 0.15) is 11.6 Å². The summed E-state index contributed by atoms with van der Waals surface area (Å²) in [6, 6.07) is 19.4. The molecule has 0 spiro atoms. The number of nitrogens with one attached hydrogen (secondary N) is 1. The van der Waals surface area contributed by atoms with E-state index >= 15 is 0 Å². The summed E-state index contributed by atoms with van der Waals surface area (Å²) in [6.07, 6.45) is 0. The Morgan fingerprint density at radius 1 is 1.00 bits per heavy atom. The molecule has 1 atom stereocenters. The van der Waals surface area contributed by atoms with Crippen molar-refractivity contribution in [2.75, 3.05) is 5.32 Å². The van der Waals surface area contributed by atoms with Crippen molar-refractivity contribution in [3.63, 3.8) is 0 Å². The SMILES string of the molecule is N#CC(Nc1ccccc1Br)c1ccccc1. The molecule has 0 radical (unpaired) electrons. The second-order valence-electron chi connectivity index (χ2n) is 3.60. The van der Waals surface area contributed by atoms with Crippen molar-refractivity contribution in [1.29, 1.82) is 5.26 Å². The zero-order chi connectivity index (χ0) is 12.1. The van der Waals surface area contributed by atoms with E-state index in [1.807, 2.05) is 54.6 Å². The first kappa shape index (κ1) is 11.7. The van der Waals surface area contributed by atoms with Crippen LogP contribution in [0.5, 0.6) is 0 Å². The van der Waals surface area contributed by atoms with Gasteiger partial charge in [0.15, 0.2) is 0 Å². The fourth-order valence-electron chi connectivity index (χ4n) is 1.57. The van der Waals surface area contributed by atoms with Gasteiger partial charge in [-0.3, -0.25) is 0 Å². The van der Waals surface area contributed by atoms with E-state index < -0.39 is 0 Å². The van der Waals surface area contributed by atoms with Gasteiger partial charge in [0.1, 0.15) is 6.04 Å². The highest BCUT2D eigenvalue weighted by Crippen LogP contribution is 2.25. The van der Waals surface area contributed by atoms with Crippen molar-refractivity contribution in [2.24, 2.45) is 0 Å². The number of benzene rings is 2. The highest BCUT2D eigenvalue weighted by molar-refractivity contribution is 9.10. The highest BCUT2D eigenvalue weighted by atomic mass is 79.9. The Labute approximate surface area is 109 Å². The van der Waals surface area contributed by atoms with E-state index in [0.29, 0.717) is 0 Å². The lowest BCUT2D eigenvalue weighted by molar-refractivity contribution is 0.996. The monoisotopic (exact) mass is 286 g/mol. The number of nitriles is 1. The minimum Gasteiger partial charge on any atom is -0.365 e. The number of rotatable bonds is 3. The summed E-state index contributed by atoms with van der Waals surface area (Å²) in [5.74, 6) is 0. The van der Waals surface area contributed by atoms with Crippen molar-refractivity contribution in [2.45, 2.75) is 6.04 Å². The van der Waals surface area contributed by atoms with E-state index in [1.165, 1.54) is 0 Å². The molecule has 0 saturated heterocycles. The lowest BCUT2D eigenvalue weighted by Crippen LogP contribution is -2.08. The van der Waals surface area contributed by atoms with Gasteiger partial charge in [0, 0.05) is 10.2 Å². The molecular formula is C14H11BrN2. The summed E-state index contributed by atoms with van der Waals surface area (Å²) >= 11 is 3.45. The Morgan fingerprint density at radius 3 is 2.29 bits per heavy atom. The van der Waals surface area contributed by atoms with Gasteiger partial charge in [-0.1, -0.05) is 42.5 Å². The molecule has 0 aromatic heterocycles. The molecule has 2 aromatic rings. The molecule has 0 heterocycles. The first-order valence-corrected chi connectivity index (χ1v) is 6.06. The second kappa shape index (κ2) is 5.51. The van der Waals surface area contributed by atoms with Crippen molar-refractivity contribution in [1.82, 2.24) is 0 Å². The molecule has 3 heteroatoms. The van der Waals surface area contributed by atoms with Gasteiger partial charge in [-0.2, -0.15) is 5.26 Å². The smallest absolute Gasteiger partial charge is 0.140 e. The Hall–Kier alpha value is -1.79. The van der Waals surface area contributed by atoms with E-state index in [2.05, 4.69) is 27.3 Å². The van der Waals surface area contributed by atoms with Gasteiger partial charge >= 0.3 is 0 Å². The minimum atomic E-state index is -0.338. The number of para-hydroxylation sites is 1. The van der Waals surface area contributed by atoms with Crippen LogP contribution in [0, 0.1) is 11.3 Å². The summed E-state index contributed by atoms with van der Waals surface area (Å²) in [6.45, 7) is 0. The van der Waals surface area contributed by atoms with Crippen LogP contribution in [-0.4, -0.2) is 0 Å². The van der Waals surface area contributed by atoms with Gasteiger partial charge in [-0.05, 0) is 33.6 Å². The fraction of sp³-hybridized carbons (Fsp3) is 0.0714. The minimum absolute atomic E-state index is 0.338. The van der Waals surface area contributed by atoms with Gasteiger partial charge in [0.2, 0.25) is 0 Å². The number of nitrogens with zero attached hydrogens (tertiary/aromatic N) is 1. The third kappa shape index (κ3) is 2.86. The van der Waals surface area contributed by atoms with E-state index in [4.69, 9.17) is 0 Å². The molecule has 0 amide bonds. The standard InChI is InChI=1S/C14H11BrN2/c15-12-8-4-5-9-13(12)17-14(10-16)11-6-2-1-3-7-11/h1-9,14,17H. The van der Waals surface area contributed by atoms with Gasteiger partial charge < -0.3 is 5.32 Å². The fourth-order valence-corrected chi connectivity index (χ4v) is 1.97. The molecule has 0 aliphatic heterocycles. The van der Waals surface area contributed by atoms with Crippen molar-refractivity contribution < 1.29 is 0 Å². The Morgan fingerprint density at radius 2 is 1.65 bits per heavy atom. The molecule has 1 N–H and O–H groups in total. The largest absolute Gasteiger partial charge is 0.365 e. The molecule has 0 fully saturated rings. The second-order valence-corrected chi connectivity index (χ2v) is 4.45. The Balaban J connectivity index is 2.23. The summed E-state index contributed by atoms with van der Waals surface area (Å²) in [7, 11) is 0. The van der Waals surface area contributed by atoms with Gasteiger partial charge in [0.05, 0.1) is 6.07 Å². The zero-order valence-electron chi connectivity index (χ0n) is 9.10. The van der Waals surface area contributed by atoms with E-state index in [1.54, 1.807) is 0 Å². The Kier molecular flexibility index (Phi) is 3.79. The van der Waals surface area contributed by atoms with E-state index in [9.17, 15) is 5.26 Å². The molecule has 1 unspecified atom stereocenters. The normalized spacial score (nSPS) is 11.5. The van der Waals surface area contributed by atoms with Gasteiger partial charge in [0.25, 0.3) is 0 Å². The number of halogens is 1. The third-order valence-electron chi connectivity index (χ3n) is 2.44. The third-order valence-corrected chi connectivity index (χ3v) is 3.13. The number of anilines is 1. The molecule has 2 rings (SSSR count). The lowest BCUT2D eigenvalue weighted by Gasteiger charge is -2.14. The summed E-state index contributed by atoms with van der Waals surface area (Å²) in [4.78, 5) is 0. The average Bonchev–Trinajstić information content (AvgIpc) is 2.39. The lowest BCUT2D eigenvalue weighted by atomic mass is 10.1. The van der Waals surface area contributed by atoms with Crippen LogP contribution in [-0.2, 0) is 0 Å². The highest BCUT2D eigenvalue weighted by Gasteiger charge is 2.10.